The number of carbonyl (C=O) groups is 3. The molecule has 0 aromatic heterocycles. The summed E-state index contributed by atoms with van der Waals surface area (Å²) in [6, 6.07) is 0. The van der Waals surface area contributed by atoms with Gasteiger partial charge < -0.3 is 14.2 Å². The van der Waals surface area contributed by atoms with Crippen LogP contribution in [0, 0.1) is 0 Å². The van der Waals surface area contributed by atoms with Gasteiger partial charge in [-0.3, -0.25) is 14.4 Å². The summed E-state index contributed by atoms with van der Waals surface area (Å²) in [7, 11) is 0. The first-order chi connectivity index (χ1) is 25.5. The van der Waals surface area contributed by atoms with Gasteiger partial charge >= 0.3 is 17.9 Å². The Bertz CT molecular complexity index is 1190. The van der Waals surface area contributed by atoms with Gasteiger partial charge in [-0.15, -0.1) is 0 Å². The van der Waals surface area contributed by atoms with Crippen molar-refractivity contribution in [2.75, 3.05) is 13.2 Å². The van der Waals surface area contributed by atoms with Crippen molar-refractivity contribution in [2.24, 2.45) is 0 Å². The Morgan fingerprint density at radius 1 is 0.423 bits per heavy atom. The highest BCUT2D eigenvalue weighted by atomic mass is 16.6. The molecule has 288 valence electrons. The van der Waals surface area contributed by atoms with Crippen LogP contribution in [0.1, 0.15) is 130 Å². The van der Waals surface area contributed by atoms with Crippen molar-refractivity contribution >= 4 is 17.9 Å². The Morgan fingerprint density at radius 2 is 0.865 bits per heavy atom. The second-order valence-electron chi connectivity index (χ2n) is 12.1. The van der Waals surface area contributed by atoms with E-state index in [-0.39, 0.29) is 38.4 Å². The van der Waals surface area contributed by atoms with Crippen molar-refractivity contribution in [1.82, 2.24) is 0 Å². The predicted molar refractivity (Wildman–Crippen MR) is 219 cm³/mol. The van der Waals surface area contributed by atoms with E-state index < -0.39 is 18.0 Å². The first kappa shape index (κ1) is 47.8. The molecule has 52 heavy (non-hydrogen) atoms. The van der Waals surface area contributed by atoms with Crippen LogP contribution in [0.15, 0.2) is 122 Å². The molecule has 1 atom stereocenters. The second kappa shape index (κ2) is 39.6. The number of ether oxygens (including phenoxy) is 3. The highest BCUT2D eigenvalue weighted by Gasteiger charge is 2.19. The average molecular weight is 717 g/mol. The summed E-state index contributed by atoms with van der Waals surface area (Å²) in [5.74, 6) is -1.17. The van der Waals surface area contributed by atoms with E-state index in [9.17, 15) is 14.4 Å². The van der Waals surface area contributed by atoms with E-state index in [0.717, 1.165) is 77.0 Å². The summed E-state index contributed by atoms with van der Waals surface area (Å²) >= 11 is 0. The van der Waals surface area contributed by atoms with Gasteiger partial charge in [-0.2, -0.15) is 0 Å². The van der Waals surface area contributed by atoms with Gasteiger partial charge in [0.2, 0.25) is 0 Å². The molecule has 0 rings (SSSR count). The maximum absolute atomic E-state index is 12.6. The van der Waals surface area contributed by atoms with Crippen molar-refractivity contribution < 1.29 is 28.6 Å². The fourth-order valence-electron chi connectivity index (χ4n) is 4.46. The standard InChI is InChI=1S/C46H68O6/c1-4-7-10-13-16-19-21-23-25-27-30-33-36-39-45(48)51-42-43(41-50-44(47)38-35-32-29-26-18-15-12-9-6-3)52-46(49)40-37-34-31-28-24-22-20-17-14-11-8-5-2/h7-13,16-21,23-26,28,32,35,43H,4-6,14-15,22,27,29-31,33-34,36-42H2,1-3H3/b10-7-,11-8-,12-9-,16-13-,20-17-,21-19-,25-23-,26-18-,28-24-,35-32-. The lowest BCUT2D eigenvalue weighted by molar-refractivity contribution is -0.166. The van der Waals surface area contributed by atoms with Crippen molar-refractivity contribution in [3.8, 4) is 0 Å². The van der Waals surface area contributed by atoms with E-state index in [4.69, 9.17) is 14.2 Å². The topological polar surface area (TPSA) is 78.9 Å². The second-order valence-corrected chi connectivity index (χ2v) is 12.1. The Hall–Kier alpha value is -4.19. The minimum atomic E-state index is -0.849. The Labute approximate surface area is 316 Å². The molecule has 0 fully saturated rings. The van der Waals surface area contributed by atoms with Crippen LogP contribution >= 0.6 is 0 Å². The molecule has 0 spiro atoms. The van der Waals surface area contributed by atoms with Crippen molar-refractivity contribution in [3.05, 3.63) is 122 Å². The van der Waals surface area contributed by atoms with E-state index in [1.54, 1.807) is 6.08 Å². The van der Waals surface area contributed by atoms with Gasteiger partial charge in [0.25, 0.3) is 0 Å². The summed E-state index contributed by atoms with van der Waals surface area (Å²) < 4.78 is 16.4. The highest BCUT2D eigenvalue weighted by molar-refractivity contribution is 5.72. The molecular weight excluding hydrogens is 648 g/mol. The molecule has 0 aliphatic carbocycles. The third-order valence-corrected chi connectivity index (χ3v) is 7.32. The maximum atomic E-state index is 12.6. The monoisotopic (exact) mass is 717 g/mol. The molecule has 0 aromatic carbocycles. The minimum Gasteiger partial charge on any atom is -0.462 e. The average Bonchev–Trinajstić information content (AvgIpc) is 3.14. The first-order valence-corrected chi connectivity index (χ1v) is 19.6. The van der Waals surface area contributed by atoms with Crippen LogP contribution in [-0.4, -0.2) is 37.2 Å². The SMILES string of the molecule is CC\C=C/C=C\C=C/C=C\CCCCCC(=O)OCC(COC(=O)C/C=C\C/C=C\C/C=C\CC)OC(=O)CCCC/C=C\C/C=C\C/C=C\CC. The van der Waals surface area contributed by atoms with Crippen LogP contribution in [-0.2, 0) is 28.6 Å². The summed E-state index contributed by atoms with van der Waals surface area (Å²) in [5, 5.41) is 0. The number of hydrogen-bond acceptors (Lipinski definition) is 6. The molecule has 0 aliphatic rings. The molecule has 0 N–H and O–H groups in total. The lowest BCUT2D eigenvalue weighted by Crippen LogP contribution is -2.30. The Balaban J connectivity index is 4.63. The lowest BCUT2D eigenvalue weighted by Gasteiger charge is -2.18. The Morgan fingerprint density at radius 3 is 1.48 bits per heavy atom. The zero-order chi connectivity index (χ0) is 38.0. The van der Waals surface area contributed by atoms with Crippen LogP contribution in [0.3, 0.4) is 0 Å². The molecule has 0 aliphatic heterocycles. The minimum absolute atomic E-state index is 0.114. The van der Waals surface area contributed by atoms with Crippen LogP contribution < -0.4 is 0 Å². The van der Waals surface area contributed by atoms with Gasteiger partial charge in [-0.1, -0.05) is 149 Å². The Kier molecular flexibility index (Phi) is 36.4. The van der Waals surface area contributed by atoms with E-state index >= 15 is 0 Å². The molecule has 6 nitrogen and oxygen atoms in total. The highest BCUT2D eigenvalue weighted by Crippen LogP contribution is 2.09. The third-order valence-electron chi connectivity index (χ3n) is 7.32. The van der Waals surface area contributed by atoms with Gasteiger partial charge in [0.15, 0.2) is 6.10 Å². The number of rotatable bonds is 32. The van der Waals surface area contributed by atoms with Crippen molar-refractivity contribution in [3.63, 3.8) is 0 Å². The zero-order valence-corrected chi connectivity index (χ0v) is 32.5. The lowest BCUT2D eigenvalue weighted by atomic mass is 10.1. The van der Waals surface area contributed by atoms with Gasteiger partial charge in [0.1, 0.15) is 13.2 Å². The molecule has 0 heterocycles. The fourth-order valence-corrected chi connectivity index (χ4v) is 4.46. The molecule has 0 amide bonds. The first-order valence-electron chi connectivity index (χ1n) is 19.6. The summed E-state index contributed by atoms with van der Waals surface area (Å²) in [6.07, 6.45) is 53.7. The molecule has 0 saturated carbocycles. The summed E-state index contributed by atoms with van der Waals surface area (Å²) in [5.41, 5.74) is 0. The van der Waals surface area contributed by atoms with Gasteiger partial charge in [0.05, 0.1) is 6.42 Å². The summed E-state index contributed by atoms with van der Waals surface area (Å²) in [6.45, 7) is 6.03. The number of allylic oxidation sites excluding steroid dienone is 19. The van der Waals surface area contributed by atoms with E-state index in [0.29, 0.717) is 12.8 Å². The van der Waals surface area contributed by atoms with Crippen LogP contribution in [0.4, 0.5) is 0 Å². The van der Waals surface area contributed by atoms with E-state index in [1.807, 2.05) is 42.5 Å². The largest absolute Gasteiger partial charge is 0.462 e. The summed E-state index contributed by atoms with van der Waals surface area (Å²) in [4.78, 5) is 37.4. The van der Waals surface area contributed by atoms with Crippen LogP contribution in [0.5, 0.6) is 0 Å². The van der Waals surface area contributed by atoms with E-state index in [1.165, 1.54) is 0 Å². The molecule has 0 bridgehead atoms. The van der Waals surface area contributed by atoms with Crippen LogP contribution in [0.2, 0.25) is 0 Å². The predicted octanol–water partition coefficient (Wildman–Crippen LogP) is 12.2. The zero-order valence-electron chi connectivity index (χ0n) is 32.5. The third kappa shape index (κ3) is 37.1. The number of hydrogen-bond donors (Lipinski definition) is 0. The van der Waals surface area contributed by atoms with Gasteiger partial charge in [0, 0.05) is 12.8 Å². The molecule has 0 aromatic rings. The van der Waals surface area contributed by atoms with Gasteiger partial charge in [-0.25, -0.2) is 0 Å². The maximum Gasteiger partial charge on any atom is 0.309 e. The molecule has 6 heteroatoms. The fraction of sp³-hybridized carbons (Fsp3) is 0.500. The molecular formula is C46H68O6. The molecule has 0 saturated heterocycles. The molecule has 0 radical (unpaired) electrons. The van der Waals surface area contributed by atoms with Crippen molar-refractivity contribution in [2.45, 2.75) is 136 Å². The van der Waals surface area contributed by atoms with E-state index in [2.05, 4.69) is 93.7 Å². The number of unbranched alkanes of at least 4 members (excludes halogenated alkanes) is 5. The number of carbonyl (C=O) groups excluding carboxylic acids is 3. The van der Waals surface area contributed by atoms with Crippen molar-refractivity contribution in [1.29, 1.82) is 0 Å². The quantitative estimate of drug-likeness (QED) is 0.0227. The number of esters is 3. The smallest absolute Gasteiger partial charge is 0.309 e. The van der Waals surface area contributed by atoms with Gasteiger partial charge in [-0.05, 0) is 83.5 Å². The van der Waals surface area contributed by atoms with Crippen LogP contribution in [0.25, 0.3) is 0 Å². The molecule has 1 unspecified atom stereocenters. The normalized spacial score (nSPS) is 13.4.